The quantitative estimate of drug-likeness (QED) is 0.484. The number of rotatable bonds is 4. The normalized spacial score (nSPS) is 10.9. The first-order valence-electron chi connectivity index (χ1n) is 8.16. The van der Waals surface area contributed by atoms with Crippen LogP contribution in [-0.2, 0) is 0 Å². The van der Waals surface area contributed by atoms with E-state index in [1.807, 2.05) is 61.9 Å². The Morgan fingerprint density at radius 2 is 1.73 bits per heavy atom. The number of nitrogens with one attached hydrogen (secondary N) is 1. The molecule has 26 heavy (non-hydrogen) atoms. The van der Waals surface area contributed by atoms with E-state index < -0.39 is 0 Å². The monoisotopic (exact) mass is 380 g/mol. The first kappa shape index (κ1) is 16.8. The molecule has 0 saturated heterocycles. The summed E-state index contributed by atoms with van der Waals surface area (Å²) in [5.41, 5.74) is 3.01. The molecule has 2 aromatic carbocycles. The summed E-state index contributed by atoms with van der Waals surface area (Å²) in [7, 11) is 4.05. The molecule has 0 unspecified atom stereocenters. The van der Waals surface area contributed by atoms with Crippen LogP contribution < -0.4 is 10.2 Å². The lowest BCUT2D eigenvalue weighted by Crippen LogP contribution is -2.08. The summed E-state index contributed by atoms with van der Waals surface area (Å²) in [6.07, 6.45) is 0. The molecule has 130 valence electrons. The zero-order chi connectivity index (χ0) is 18.1. The van der Waals surface area contributed by atoms with Crippen LogP contribution in [0.2, 0.25) is 5.02 Å². The molecule has 0 aliphatic carbocycles. The van der Waals surface area contributed by atoms with Crippen molar-refractivity contribution in [2.75, 3.05) is 24.3 Å². The van der Waals surface area contributed by atoms with Gasteiger partial charge < -0.3 is 10.2 Å². The number of para-hydroxylation sites is 1. The van der Waals surface area contributed by atoms with Crippen LogP contribution in [0.25, 0.3) is 21.6 Å². The van der Waals surface area contributed by atoms with Crippen LogP contribution in [0.15, 0.2) is 60.0 Å². The predicted molar refractivity (Wildman–Crippen MR) is 112 cm³/mol. The van der Waals surface area contributed by atoms with E-state index >= 15 is 0 Å². The van der Waals surface area contributed by atoms with Gasteiger partial charge >= 0.3 is 0 Å². The van der Waals surface area contributed by atoms with E-state index in [1.165, 1.54) is 0 Å². The minimum Gasteiger partial charge on any atom is -0.378 e. The molecular formula is C20H17ClN4S. The number of hydrogen-bond donors (Lipinski definition) is 1. The first-order chi connectivity index (χ1) is 12.6. The third kappa shape index (κ3) is 3.23. The van der Waals surface area contributed by atoms with Gasteiger partial charge in [-0.25, -0.2) is 9.97 Å². The molecule has 0 saturated carbocycles. The highest BCUT2D eigenvalue weighted by atomic mass is 35.5. The minimum atomic E-state index is 0.635. The van der Waals surface area contributed by atoms with Gasteiger partial charge in [-0.2, -0.15) is 0 Å². The Bertz CT molecular complexity index is 1060. The SMILES string of the molecule is CN(C)c1ccc(Nc2nc(-c3sccc3Cl)nc3ccccc23)cc1. The van der Waals surface area contributed by atoms with Gasteiger partial charge in [-0.15, -0.1) is 11.3 Å². The Kier molecular flexibility index (Phi) is 4.49. The van der Waals surface area contributed by atoms with E-state index in [-0.39, 0.29) is 0 Å². The van der Waals surface area contributed by atoms with Crippen molar-refractivity contribution in [2.45, 2.75) is 0 Å². The van der Waals surface area contributed by atoms with Crippen LogP contribution >= 0.6 is 22.9 Å². The van der Waals surface area contributed by atoms with Gasteiger partial charge in [0.25, 0.3) is 0 Å². The van der Waals surface area contributed by atoms with Gasteiger partial charge in [-0.3, -0.25) is 0 Å². The number of nitrogens with zero attached hydrogens (tertiary/aromatic N) is 3. The average Bonchev–Trinajstić information content (AvgIpc) is 3.08. The number of thiophene rings is 1. The maximum absolute atomic E-state index is 6.29. The summed E-state index contributed by atoms with van der Waals surface area (Å²) < 4.78 is 0. The number of aromatic nitrogens is 2. The van der Waals surface area contributed by atoms with Gasteiger partial charge in [0.2, 0.25) is 0 Å². The van der Waals surface area contributed by atoms with Gasteiger partial charge in [0.05, 0.1) is 15.4 Å². The summed E-state index contributed by atoms with van der Waals surface area (Å²) in [4.78, 5) is 12.4. The fraction of sp³-hybridized carbons (Fsp3) is 0.100. The van der Waals surface area contributed by atoms with E-state index in [0.717, 1.165) is 33.0 Å². The van der Waals surface area contributed by atoms with Gasteiger partial charge in [-0.1, -0.05) is 23.7 Å². The number of fused-ring (bicyclic) bond motifs is 1. The third-order valence-corrected chi connectivity index (χ3v) is 5.41. The van der Waals surface area contributed by atoms with E-state index in [1.54, 1.807) is 11.3 Å². The van der Waals surface area contributed by atoms with Gasteiger partial charge in [0.15, 0.2) is 5.82 Å². The molecule has 4 nitrogen and oxygen atoms in total. The zero-order valence-electron chi connectivity index (χ0n) is 14.4. The lowest BCUT2D eigenvalue weighted by molar-refractivity contribution is 1.13. The Morgan fingerprint density at radius 3 is 2.42 bits per heavy atom. The Balaban J connectivity index is 1.79. The second-order valence-corrected chi connectivity index (χ2v) is 7.40. The highest BCUT2D eigenvalue weighted by Crippen LogP contribution is 2.34. The standard InChI is InChI=1S/C20H17ClN4S/c1-25(2)14-9-7-13(8-10-14)22-19-15-5-3-4-6-17(15)23-20(24-19)18-16(21)11-12-26-18/h3-12H,1-2H3,(H,22,23,24). The average molecular weight is 381 g/mol. The Labute approximate surface area is 161 Å². The van der Waals surface area contributed by atoms with E-state index in [2.05, 4.69) is 27.3 Å². The van der Waals surface area contributed by atoms with E-state index in [9.17, 15) is 0 Å². The molecule has 0 amide bonds. The molecule has 4 aromatic rings. The maximum Gasteiger partial charge on any atom is 0.173 e. The Morgan fingerprint density at radius 1 is 0.962 bits per heavy atom. The maximum atomic E-state index is 6.29. The topological polar surface area (TPSA) is 41.0 Å². The van der Waals surface area contributed by atoms with Crippen LogP contribution in [-0.4, -0.2) is 24.1 Å². The van der Waals surface area contributed by atoms with Crippen molar-refractivity contribution in [1.82, 2.24) is 9.97 Å². The lowest BCUT2D eigenvalue weighted by Gasteiger charge is -2.14. The van der Waals surface area contributed by atoms with Crippen LogP contribution in [0.4, 0.5) is 17.2 Å². The number of halogens is 1. The van der Waals surface area contributed by atoms with E-state index in [0.29, 0.717) is 10.8 Å². The summed E-state index contributed by atoms with van der Waals surface area (Å²) in [6.45, 7) is 0. The van der Waals surface area contributed by atoms with Gasteiger partial charge in [0.1, 0.15) is 5.82 Å². The molecule has 0 bridgehead atoms. The van der Waals surface area contributed by atoms with Crippen LogP contribution in [0.3, 0.4) is 0 Å². The highest BCUT2D eigenvalue weighted by molar-refractivity contribution is 7.14. The second kappa shape index (κ2) is 6.94. The molecule has 2 aromatic heterocycles. The van der Waals surface area contributed by atoms with Crippen molar-refractivity contribution in [3.05, 3.63) is 65.0 Å². The molecule has 0 aliphatic rings. The molecule has 0 aliphatic heterocycles. The summed E-state index contributed by atoms with van der Waals surface area (Å²) >= 11 is 7.83. The predicted octanol–water partition coefficient (Wildman–Crippen LogP) is 5.82. The number of benzene rings is 2. The molecule has 6 heteroatoms. The van der Waals surface area contributed by atoms with Crippen molar-refractivity contribution in [1.29, 1.82) is 0 Å². The summed E-state index contributed by atoms with van der Waals surface area (Å²) in [6, 6.07) is 18.1. The van der Waals surface area contributed by atoms with Crippen molar-refractivity contribution in [3.63, 3.8) is 0 Å². The zero-order valence-corrected chi connectivity index (χ0v) is 16.0. The molecule has 2 heterocycles. The van der Waals surface area contributed by atoms with Crippen molar-refractivity contribution in [3.8, 4) is 10.7 Å². The molecule has 0 radical (unpaired) electrons. The largest absolute Gasteiger partial charge is 0.378 e. The molecule has 1 N–H and O–H groups in total. The Hall–Kier alpha value is -2.63. The molecule has 0 fully saturated rings. The summed E-state index contributed by atoms with van der Waals surface area (Å²) in [5, 5.41) is 7.02. The fourth-order valence-electron chi connectivity index (χ4n) is 2.71. The fourth-order valence-corrected chi connectivity index (χ4v) is 3.78. The summed E-state index contributed by atoms with van der Waals surface area (Å²) in [5.74, 6) is 1.41. The van der Waals surface area contributed by atoms with Crippen LogP contribution in [0, 0.1) is 0 Å². The van der Waals surface area contributed by atoms with Crippen molar-refractivity contribution in [2.24, 2.45) is 0 Å². The smallest absolute Gasteiger partial charge is 0.173 e. The lowest BCUT2D eigenvalue weighted by atomic mass is 10.2. The highest BCUT2D eigenvalue weighted by Gasteiger charge is 2.13. The molecule has 4 rings (SSSR count). The molecule has 0 spiro atoms. The first-order valence-corrected chi connectivity index (χ1v) is 9.42. The van der Waals surface area contributed by atoms with Gasteiger partial charge in [0, 0.05) is 30.9 Å². The molecular weight excluding hydrogens is 364 g/mol. The minimum absolute atomic E-state index is 0.635. The molecule has 0 atom stereocenters. The van der Waals surface area contributed by atoms with Crippen molar-refractivity contribution < 1.29 is 0 Å². The number of hydrogen-bond acceptors (Lipinski definition) is 5. The van der Waals surface area contributed by atoms with Gasteiger partial charge in [-0.05, 0) is 47.8 Å². The van der Waals surface area contributed by atoms with Crippen LogP contribution in [0.1, 0.15) is 0 Å². The van der Waals surface area contributed by atoms with Crippen molar-refractivity contribution >= 4 is 51.0 Å². The van der Waals surface area contributed by atoms with E-state index in [4.69, 9.17) is 16.6 Å². The van der Waals surface area contributed by atoms with Crippen LogP contribution in [0.5, 0.6) is 0 Å². The third-order valence-electron chi connectivity index (χ3n) is 4.07. The number of anilines is 3. The second-order valence-electron chi connectivity index (χ2n) is 6.08.